The zero-order valence-electron chi connectivity index (χ0n) is 16.2. The minimum atomic E-state index is -2.89. The lowest BCUT2D eigenvalue weighted by molar-refractivity contribution is -0.0498. The van der Waals surface area contributed by atoms with Gasteiger partial charge in [-0.1, -0.05) is 24.3 Å². The van der Waals surface area contributed by atoms with Gasteiger partial charge in [0.15, 0.2) is 0 Å². The molecule has 152 valence electrons. The molecule has 3 aromatic rings. The second kappa shape index (κ2) is 9.18. The number of nitrogens with zero attached hydrogens (tertiary/aromatic N) is 2. The molecular weight excluding hydrogens is 378 g/mol. The van der Waals surface area contributed by atoms with Crippen LogP contribution in [0.3, 0.4) is 0 Å². The van der Waals surface area contributed by atoms with E-state index in [2.05, 4.69) is 20.5 Å². The molecule has 3 rings (SSSR count). The average molecular weight is 400 g/mol. The van der Waals surface area contributed by atoms with Gasteiger partial charge >= 0.3 is 12.6 Å². The number of halogens is 2. The van der Waals surface area contributed by atoms with Crippen LogP contribution in [-0.4, -0.2) is 22.4 Å². The van der Waals surface area contributed by atoms with E-state index < -0.39 is 12.6 Å². The number of aryl methyl sites for hydroxylation is 2. The lowest BCUT2D eigenvalue weighted by Crippen LogP contribution is -2.28. The van der Waals surface area contributed by atoms with Gasteiger partial charge in [-0.2, -0.15) is 13.9 Å². The first-order chi connectivity index (χ1) is 13.9. The number of hydrogen-bond acceptors (Lipinski definition) is 3. The Balaban J connectivity index is 1.56. The summed E-state index contributed by atoms with van der Waals surface area (Å²) >= 11 is 0. The van der Waals surface area contributed by atoms with Crippen LogP contribution in [0.15, 0.2) is 54.6 Å². The molecule has 0 radical (unpaired) electrons. The summed E-state index contributed by atoms with van der Waals surface area (Å²) in [6.45, 7) is 1.84. The van der Waals surface area contributed by atoms with Gasteiger partial charge in [-0.25, -0.2) is 4.79 Å². The molecular formula is C21H22F2N4O2. The summed E-state index contributed by atoms with van der Waals surface area (Å²) in [6, 6.07) is 15.3. The summed E-state index contributed by atoms with van der Waals surface area (Å²) in [5.41, 5.74) is 4.33. The van der Waals surface area contributed by atoms with Crippen LogP contribution in [0.4, 0.5) is 19.3 Å². The number of amides is 2. The normalized spacial score (nSPS) is 10.8. The molecule has 2 aromatic carbocycles. The van der Waals surface area contributed by atoms with Gasteiger partial charge in [-0.3, -0.25) is 4.68 Å². The van der Waals surface area contributed by atoms with Crippen LogP contribution in [0, 0.1) is 13.8 Å². The van der Waals surface area contributed by atoms with E-state index in [1.807, 2.05) is 42.8 Å². The molecule has 0 saturated heterocycles. The second-order valence-electron chi connectivity index (χ2n) is 6.62. The molecule has 6 nitrogen and oxygen atoms in total. The maximum absolute atomic E-state index is 12.3. The number of urea groups is 1. The van der Waals surface area contributed by atoms with E-state index in [9.17, 15) is 13.6 Å². The first-order valence-corrected chi connectivity index (χ1v) is 9.07. The topological polar surface area (TPSA) is 68.2 Å². The predicted octanol–water partition coefficient (Wildman–Crippen LogP) is 4.47. The van der Waals surface area contributed by atoms with Gasteiger partial charge in [-0.05, 0) is 55.3 Å². The van der Waals surface area contributed by atoms with Gasteiger partial charge in [0, 0.05) is 17.9 Å². The van der Waals surface area contributed by atoms with Crippen molar-refractivity contribution in [1.29, 1.82) is 0 Å². The van der Waals surface area contributed by atoms with Crippen molar-refractivity contribution in [3.63, 3.8) is 0 Å². The number of benzene rings is 2. The summed E-state index contributed by atoms with van der Waals surface area (Å²) in [4.78, 5) is 12.2. The van der Waals surface area contributed by atoms with E-state index in [4.69, 9.17) is 0 Å². The highest BCUT2D eigenvalue weighted by atomic mass is 19.3. The molecule has 0 saturated carbocycles. The third kappa shape index (κ3) is 6.03. The van der Waals surface area contributed by atoms with Crippen molar-refractivity contribution in [1.82, 2.24) is 15.1 Å². The molecule has 2 amide bonds. The molecule has 0 spiro atoms. The number of carbonyl (C=O) groups is 1. The number of nitrogens with one attached hydrogen (secondary N) is 2. The summed E-state index contributed by atoms with van der Waals surface area (Å²) < 4.78 is 30.9. The smallest absolute Gasteiger partial charge is 0.387 e. The number of carbonyl (C=O) groups excluding carboxylic acids is 1. The van der Waals surface area contributed by atoms with Crippen molar-refractivity contribution in [2.75, 3.05) is 5.32 Å². The van der Waals surface area contributed by atoms with Crippen LogP contribution in [-0.2, 0) is 13.1 Å². The number of rotatable bonds is 7. The third-order valence-corrected chi connectivity index (χ3v) is 4.20. The summed E-state index contributed by atoms with van der Waals surface area (Å²) in [5.74, 6) is 0.0524. The van der Waals surface area contributed by atoms with Crippen LogP contribution < -0.4 is 15.4 Å². The zero-order valence-corrected chi connectivity index (χ0v) is 16.2. The quantitative estimate of drug-likeness (QED) is 0.615. The van der Waals surface area contributed by atoms with Crippen molar-refractivity contribution in [3.8, 4) is 5.75 Å². The SMILES string of the molecule is Cc1cc(C)n(Cc2cccc(NC(=O)NCc3cccc(OC(F)F)c3)c2)n1. The summed E-state index contributed by atoms with van der Waals surface area (Å²) in [7, 11) is 0. The second-order valence-corrected chi connectivity index (χ2v) is 6.62. The molecule has 0 aliphatic carbocycles. The number of alkyl halides is 2. The Morgan fingerprint density at radius 1 is 1.10 bits per heavy atom. The van der Waals surface area contributed by atoms with E-state index in [0.29, 0.717) is 17.8 Å². The largest absolute Gasteiger partial charge is 0.435 e. The number of ether oxygens (including phenoxy) is 1. The monoisotopic (exact) mass is 400 g/mol. The van der Waals surface area contributed by atoms with Crippen LogP contribution in [0.5, 0.6) is 5.75 Å². The highest BCUT2D eigenvalue weighted by molar-refractivity contribution is 5.89. The van der Waals surface area contributed by atoms with Gasteiger partial charge in [0.05, 0.1) is 12.2 Å². The van der Waals surface area contributed by atoms with Gasteiger partial charge in [0.25, 0.3) is 0 Å². The molecule has 0 fully saturated rings. The van der Waals surface area contributed by atoms with Crippen molar-refractivity contribution < 1.29 is 18.3 Å². The first kappa shape index (κ1) is 20.3. The first-order valence-electron chi connectivity index (χ1n) is 9.07. The Bertz CT molecular complexity index is 988. The molecule has 2 N–H and O–H groups in total. The summed E-state index contributed by atoms with van der Waals surface area (Å²) in [5, 5.41) is 9.92. The Morgan fingerprint density at radius 2 is 1.86 bits per heavy atom. The molecule has 0 aliphatic heterocycles. The van der Waals surface area contributed by atoms with Crippen LogP contribution in [0.25, 0.3) is 0 Å². The Kier molecular flexibility index (Phi) is 6.43. The highest BCUT2D eigenvalue weighted by Crippen LogP contribution is 2.16. The highest BCUT2D eigenvalue weighted by Gasteiger charge is 2.07. The zero-order chi connectivity index (χ0) is 20.8. The van der Waals surface area contributed by atoms with Crippen molar-refractivity contribution in [2.45, 2.75) is 33.5 Å². The van der Waals surface area contributed by atoms with E-state index in [1.165, 1.54) is 12.1 Å². The van der Waals surface area contributed by atoms with Gasteiger partial charge in [0.2, 0.25) is 0 Å². The molecule has 8 heteroatoms. The lowest BCUT2D eigenvalue weighted by Gasteiger charge is -2.11. The Hall–Kier alpha value is -3.42. The molecule has 0 bridgehead atoms. The molecule has 1 aromatic heterocycles. The minimum absolute atomic E-state index is 0.0524. The van der Waals surface area contributed by atoms with E-state index >= 15 is 0 Å². The molecule has 29 heavy (non-hydrogen) atoms. The molecule has 0 aliphatic rings. The Labute approximate surface area is 167 Å². The predicted molar refractivity (Wildman–Crippen MR) is 106 cm³/mol. The fraction of sp³-hybridized carbons (Fsp3) is 0.238. The molecule has 0 atom stereocenters. The fourth-order valence-corrected chi connectivity index (χ4v) is 2.94. The average Bonchev–Trinajstić information content (AvgIpc) is 2.97. The van der Waals surface area contributed by atoms with Crippen LogP contribution in [0.2, 0.25) is 0 Å². The van der Waals surface area contributed by atoms with Crippen molar-refractivity contribution >= 4 is 11.7 Å². The lowest BCUT2D eigenvalue weighted by atomic mass is 10.2. The van der Waals surface area contributed by atoms with Crippen LogP contribution >= 0.6 is 0 Å². The number of anilines is 1. The Morgan fingerprint density at radius 3 is 2.59 bits per heavy atom. The molecule has 1 heterocycles. The van der Waals surface area contributed by atoms with Crippen LogP contribution in [0.1, 0.15) is 22.5 Å². The van der Waals surface area contributed by atoms with E-state index in [-0.39, 0.29) is 12.3 Å². The maximum Gasteiger partial charge on any atom is 0.387 e. The minimum Gasteiger partial charge on any atom is -0.435 e. The van der Waals surface area contributed by atoms with Gasteiger partial charge < -0.3 is 15.4 Å². The third-order valence-electron chi connectivity index (χ3n) is 4.20. The molecule has 0 unspecified atom stereocenters. The van der Waals surface area contributed by atoms with Crippen molar-refractivity contribution in [2.24, 2.45) is 0 Å². The number of hydrogen-bond donors (Lipinski definition) is 2. The van der Waals surface area contributed by atoms with Gasteiger partial charge in [-0.15, -0.1) is 0 Å². The van der Waals surface area contributed by atoms with E-state index in [1.54, 1.807) is 18.2 Å². The standard InChI is InChI=1S/C21H22F2N4O2/c1-14-9-15(2)27(26-14)13-17-6-3-7-18(10-17)25-21(28)24-12-16-5-4-8-19(11-16)29-20(22)23/h3-11,20H,12-13H2,1-2H3,(H2,24,25,28). The fourth-order valence-electron chi connectivity index (χ4n) is 2.94. The number of aromatic nitrogens is 2. The maximum atomic E-state index is 12.3. The van der Waals surface area contributed by atoms with E-state index in [0.717, 1.165) is 17.0 Å². The van der Waals surface area contributed by atoms with Gasteiger partial charge in [0.1, 0.15) is 5.75 Å². The van der Waals surface area contributed by atoms with Crippen molar-refractivity contribution in [3.05, 3.63) is 77.1 Å². The summed E-state index contributed by atoms with van der Waals surface area (Å²) in [6.07, 6.45) is 0.